The maximum Gasteiger partial charge on any atom is 0.263 e. The van der Waals surface area contributed by atoms with Gasteiger partial charge in [-0.1, -0.05) is 0 Å². The van der Waals surface area contributed by atoms with Gasteiger partial charge in [-0.25, -0.2) is 9.37 Å². The van der Waals surface area contributed by atoms with E-state index < -0.39 is 0 Å². The minimum Gasteiger partial charge on any atom is -0.486 e. The Bertz CT molecular complexity index is 735. The molecule has 1 aromatic carbocycles. The van der Waals surface area contributed by atoms with Crippen molar-refractivity contribution in [2.75, 3.05) is 0 Å². The molecule has 1 aliphatic rings. The molecule has 27 heavy (non-hydrogen) atoms. The van der Waals surface area contributed by atoms with Crippen LogP contribution in [0.4, 0.5) is 4.39 Å². The van der Waals surface area contributed by atoms with Crippen molar-refractivity contribution >= 4 is 42.1 Å². The molecule has 1 fully saturated rings. The summed E-state index contributed by atoms with van der Waals surface area (Å²) in [5.41, 5.74) is 6.60. The Labute approximate surface area is 174 Å². The predicted molar refractivity (Wildman–Crippen MR) is 110 cm³/mol. The van der Waals surface area contributed by atoms with Gasteiger partial charge < -0.3 is 15.8 Å². The Morgan fingerprint density at radius 2 is 1.89 bits per heavy atom. The molecule has 0 aliphatic heterocycles. The minimum absolute atomic E-state index is 0. The van der Waals surface area contributed by atoms with Gasteiger partial charge in [0.25, 0.3) is 5.91 Å². The Morgan fingerprint density at radius 1 is 1.26 bits per heavy atom. The molecule has 3 N–H and O–H groups in total. The average Bonchev–Trinajstić information content (AvgIpc) is 2.97. The van der Waals surface area contributed by atoms with E-state index in [0.29, 0.717) is 16.3 Å². The summed E-state index contributed by atoms with van der Waals surface area (Å²) in [4.78, 5) is 17.5. The summed E-state index contributed by atoms with van der Waals surface area (Å²) in [6.07, 6.45) is 3.74. The van der Waals surface area contributed by atoms with E-state index in [1.165, 1.54) is 23.5 Å². The second kappa shape index (κ2) is 10.8. The molecule has 9 heteroatoms. The van der Waals surface area contributed by atoms with Gasteiger partial charge >= 0.3 is 0 Å². The molecule has 0 bridgehead atoms. The largest absolute Gasteiger partial charge is 0.486 e. The third kappa shape index (κ3) is 6.60. The van der Waals surface area contributed by atoms with E-state index in [9.17, 15) is 9.18 Å². The van der Waals surface area contributed by atoms with Crippen molar-refractivity contribution in [3.8, 4) is 5.75 Å². The van der Waals surface area contributed by atoms with Crippen LogP contribution in [0.5, 0.6) is 5.75 Å². The number of thiazole rings is 1. The first kappa shape index (κ1) is 23.6. The normalized spacial score (nSPS) is 18.8. The van der Waals surface area contributed by atoms with Crippen LogP contribution < -0.4 is 15.8 Å². The van der Waals surface area contributed by atoms with E-state index >= 15 is 0 Å². The molecule has 0 spiro atoms. The predicted octanol–water partition coefficient (Wildman–Crippen LogP) is 4.01. The highest BCUT2D eigenvalue weighted by molar-refractivity contribution is 7.13. The molecule has 1 heterocycles. The van der Waals surface area contributed by atoms with Gasteiger partial charge in [0.1, 0.15) is 28.1 Å². The van der Waals surface area contributed by atoms with E-state index in [0.717, 1.165) is 30.7 Å². The van der Waals surface area contributed by atoms with Gasteiger partial charge in [-0.05, 0) is 56.9 Å². The Hall–Kier alpha value is -1.41. The maximum atomic E-state index is 12.9. The number of hydrogen-bond donors (Lipinski definition) is 2. The molecule has 5 nitrogen and oxygen atoms in total. The van der Waals surface area contributed by atoms with Crippen molar-refractivity contribution in [3.63, 3.8) is 0 Å². The summed E-state index contributed by atoms with van der Waals surface area (Å²) in [5.74, 6) is 0.183. The van der Waals surface area contributed by atoms with Crippen LogP contribution in [0.25, 0.3) is 0 Å². The molecule has 1 aromatic heterocycles. The number of aromatic nitrogens is 1. The summed E-state index contributed by atoms with van der Waals surface area (Å²) < 4.78 is 18.5. The minimum atomic E-state index is -0.305. The molecule has 0 atom stereocenters. The number of aryl methyl sites for hydroxylation is 1. The lowest BCUT2D eigenvalue weighted by Gasteiger charge is -2.26. The quantitative estimate of drug-likeness (QED) is 0.743. The van der Waals surface area contributed by atoms with E-state index in [-0.39, 0.29) is 55.2 Å². The third-order valence-electron chi connectivity index (χ3n) is 4.33. The van der Waals surface area contributed by atoms with Crippen LogP contribution in [-0.4, -0.2) is 23.0 Å². The van der Waals surface area contributed by atoms with Crippen molar-refractivity contribution in [3.05, 3.63) is 45.7 Å². The number of hydrogen-bond acceptors (Lipinski definition) is 5. The molecule has 150 valence electrons. The number of benzene rings is 1. The highest BCUT2D eigenvalue weighted by atomic mass is 35.5. The molecule has 0 radical (unpaired) electrons. The van der Waals surface area contributed by atoms with Crippen molar-refractivity contribution in [2.24, 2.45) is 5.73 Å². The van der Waals surface area contributed by atoms with E-state index in [1.807, 2.05) is 6.92 Å². The molecule has 0 unspecified atom stereocenters. The Balaban J connectivity index is 0.00000182. The zero-order valence-electron chi connectivity index (χ0n) is 14.9. The first-order valence-corrected chi connectivity index (χ1v) is 9.24. The number of ether oxygens (including phenoxy) is 1. The summed E-state index contributed by atoms with van der Waals surface area (Å²) >= 11 is 1.33. The summed E-state index contributed by atoms with van der Waals surface area (Å²) in [6.45, 7) is 2.08. The van der Waals surface area contributed by atoms with Crippen LogP contribution in [0.1, 0.15) is 46.1 Å². The zero-order valence-corrected chi connectivity index (χ0v) is 17.4. The third-order valence-corrected chi connectivity index (χ3v) is 5.46. The second-order valence-electron chi connectivity index (χ2n) is 6.35. The van der Waals surface area contributed by atoms with Crippen LogP contribution in [0, 0.1) is 12.7 Å². The number of nitrogens with two attached hydrogens (primary N) is 1. The number of halogens is 3. The average molecular weight is 436 g/mol. The topological polar surface area (TPSA) is 77.2 Å². The van der Waals surface area contributed by atoms with Crippen molar-refractivity contribution in [1.29, 1.82) is 0 Å². The standard InChI is InChI=1S/C18H22FN3O2S.2ClH/c1-11-17(18(23)22-14-6-4-13(20)5-7-14)25-16(21-11)10-24-15-8-2-12(19)3-9-15;;/h2-3,8-9,13-14H,4-7,10,20H2,1H3,(H,22,23);2*1H. The van der Waals surface area contributed by atoms with Gasteiger partial charge in [0.2, 0.25) is 0 Å². The number of carbonyl (C=O) groups excluding carboxylic acids is 1. The molecule has 0 saturated heterocycles. The smallest absolute Gasteiger partial charge is 0.263 e. The zero-order chi connectivity index (χ0) is 17.8. The van der Waals surface area contributed by atoms with Crippen LogP contribution in [0.3, 0.4) is 0 Å². The highest BCUT2D eigenvalue weighted by Crippen LogP contribution is 2.22. The molecule has 1 amide bonds. The lowest BCUT2D eigenvalue weighted by atomic mass is 9.92. The Morgan fingerprint density at radius 3 is 2.52 bits per heavy atom. The van der Waals surface area contributed by atoms with Gasteiger partial charge in [0, 0.05) is 12.1 Å². The van der Waals surface area contributed by atoms with Gasteiger partial charge in [-0.2, -0.15) is 0 Å². The number of nitrogens with zero attached hydrogens (tertiary/aromatic N) is 1. The lowest BCUT2D eigenvalue weighted by molar-refractivity contribution is 0.0929. The van der Waals surface area contributed by atoms with Gasteiger partial charge in [0.05, 0.1) is 5.69 Å². The van der Waals surface area contributed by atoms with E-state index in [1.54, 1.807) is 12.1 Å². The molecule has 2 aromatic rings. The summed E-state index contributed by atoms with van der Waals surface area (Å²) in [7, 11) is 0. The Kier molecular flexibility index (Phi) is 9.45. The summed E-state index contributed by atoms with van der Waals surface area (Å²) in [5, 5.41) is 3.80. The van der Waals surface area contributed by atoms with Gasteiger partial charge in [0.15, 0.2) is 0 Å². The maximum absolute atomic E-state index is 12.9. The first-order valence-electron chi connectivity index (χ1n) is 8.42. The number of amides is 1. The van der Waals surface area contributed by atoms with Crippen LogP contribution in [0.15, 0.2) is 24.3 Å². The monoisotopic (exact) mass is 435 g/mol. The fourth-order valence-corrected chi connectivity index (χ4v) is 3.80. The van der Waals surface area contributed by atoms with Gasteiger partial charge in [-0.3, -0.25) is 4.79 Å². The lowest BCUT2D eigenvalue weighted by Crippen LogP contribution is -2.40. The van der Waals surface area contributed by atoms with E-state index in [4.69, 9.17) is 10.5 Å². The fraction of sp³-hybridized carbons (Fsp3) is 0.444. The van der Waals surface area contributed by atoms with Crippen LogP contribution in [0.2, 0.25) is 0 Å². The summed E-state index contributed by atoms with van der Waals surface area (Å²) in [6, 6.07) is 6.27. The van der Waals surface area contributed by atoms with Crippen molar-refractivity contribution in [2.45, 2.75) is 51.3 Å². The molecule has 1 saturated carbocycles. The van der Waals surface area contributed by atoms with Crippen LogP contribution in [-0.2, 0) is 6.61 Å². The first-order chi connectivity index (χ1) is 12.0. The number of carbonyl (C=O) groups is 1. The number of rotatable bonds is 5. The van der Waals surface area contributed by atoms with Crippen molar-refractivity contribution in [1.82, 2.24) is 10.3 Å². The fourth-order valence-electron chi connectivity index (χ4n) is 2.92. The molecular formula is C18H24Cl2FN3O2S. The van der Waals surface area contributed by atoms with E-state index in [2.05, 4.69) is 10.3 Å². The molecule has 1 aliphatic carbocycles. The van der Waals surface area contributed by atoms with Crippen LogP contribution >= 0.6 is 36.2 Å². The highest BCUT2D eigenvalue weighted by Gasteiger charge is 2.23. The van der Waals surface area contributed by atoms with Crippen molar-refractivity contribution < 1.29 is 13.9 Å². The number of nitrogens with one attached hydrogen (secondary N) is 1. The molecular weight excluding hydrogens is 412 g/mol. The second-order valence-corrected chi connectivity index (χ2v) is 7.43. The van der Waals surface area contributed by atoms with Gasteiger partial charge in [-0.15, -0.1) is 36.2 Å². The SMILES string of the molecule is Cc1nc(COc2ccc(F)cc2)sc1C(=O)NC1CCC(N)CC1.Cl.Cl. The molecule has 3 rings (SSSR count).